The van der Waals surface area contributed by atoms with Gasteiger partial charge in [0.15, 0.2) is 0 Å². The van der Waals surface area contributed by atoms with Gasteiger partial charge in [-0.2, -0.15) is 0 Å². The summed E-state index contributed by atoms with van der Waals surface area (Å²) in [6, 6.07) is 0. The molecule has 4 atom stereocenters. The number of rotatable bonds is 4. The SMILES string of the molecule is CCCC1CC1C1C2C(C(C)C)C12. The lowest BCUT2D eigenvalue weighted by Crippen LogP contribution is -2.09. The topological polar surface area (TPSA) is 0 Å². The number of hydrogen-bond donors (Lipinski definition) is 0. The number of hydrogen-bond acceptors (Lipinski definition) is 0. The van der Waals surface area contributed by atoms with Crippen molar-refractivity contribution in [3.8, 4) is 0 Å². The van der Waals surface area contributed by atoms with E-state index in [9.17, 15) is 0 Å². The molecule has 0 saturated heterocycles. The van der Waals surface area contributed by atoms with Crippen LogP contribution in [0.4, 0.5) is 0 Å². The lowest BCUT2D eigenvalue weighted by atomic mass is 9.91. The molecule has 0 nitrogen and oxygen atoms in total. The van der Waals surface area contributed by atoms with Crippen LogP contribution in [0, 0.1) is 41.4 Å². The molecule has 0 aromatic carbocycles. The van der Waals surface area contributed by atoms with E-state index < -0.39 is 0 Å². The quantitative estimate of drug-likeness (QED) is 0.617. The van der Waals surface area contributed by atoms with Crippen LogP contribution in [0.2, 0.25) is 0 Å². The second kappa shape index (κ2) is 2.52. The Labute approximate surface area is 82.1 Å². The van der Waals surface area contributed by atoms with Crippen molar-refractivity contribution in [1.29, 1.82) is 0 Å². The summed E-state index contributed by atoms with van der Waals surface area (Å²) in [4.78, 5) is 0. The first-order chi connectivity index (χ1) is 6.25. The van der Waals surface area contributed by atoms with E-state index >= 15 is 0 Å². The smallest absolute Gasteiger partial charge is 0.0312 e. The summed E-state index contributed by atoms with van der Waals surface area (Å²) in [5.41, 5.74) is 0. The second-order valence-corrected chi connectivity index (χ2v) is 6.00. The van der Waals surface area contributed by atoms with Gasteiger partial charge in [0.25, 0.3) is 0 Å². The molecule has 4 unspecified atom stereocenters. The Morgan fingerprint density at radius 3 is 2.38 bits per heavy atom. The van der Waals surface area contributed by atoms with Crippen LogP contribution in [0.5, 0.6) is 0 Å². The molecule has 0 radical (unpaired) electrons. The fraction of sp³-hybridized carbons (Fsp3) is 1.00. The number of fused-ring (bicyclic) bond motifs is 1. The Balaban J connectivity index is 1.44. The lowest BCUT2D eigenvalue weighted by molar-refractivity contribution is 0.340. The Bertz CT molecular complexity index is 208. The fourth-order valence-electron chi connectivity index (χ4n) is 4.04. The third-order valence-electron chi connectivity index (χ3n) is 4.84. The van der Waals surface area contributed by atoms with Gasteiger partial charge in [-0.1, -0.05) is 33.6 Å². The van der Waals surface area contributed by atoms with Crippen LogP contribution in [0.1, 0.15) is 40.0 Å². The van der Waals surface area contributed by atoms with Gasteiger partial charge < -0.3 is 0 Å². The zero-order chi connectivity index (χ0) is 9.16. The largest absolute Gasteiger partial charge is 0.0654 e. The molecule has 13 heavy (non-hydrogen) atoms. The van der Waals surface area contributed by atoms with Crippen LogP contribution in [-0.4, -0.2) is 0 Å². The van der Waals surface area contributed by atoms with Gasteiger partial charge in [0, 0.05) is 0 Å². The monoisotopic (exact) mass is 178 g/mol. The highest BCUT2D eigenvalue weighted by Gasteiger charge is 2.77. The first kappa shape index (κ1) is 8.32. The molecule has 0 heteroatoms. The van der Waals surface area contributed by atoms with Crippen LogP contribution in [0.25, 0.3) is 0 Å². The molecule has 0 spiro atoms. The molecule has 0 bridgehead atoms. The molecule has 0 aromatic rings. The lowest BCUT2D eigenvalue weighted by Gasteiger charge is -2.14. The van der Waals surface area contributed by atoms with E-state index in [0.717, 1.165) is 17.8 Å². The van der Waals surface area contributed by atoms with E-state index in [0.29, 0.717) is 0 Å². The van der Waals surface area contributed by atoms with Crippen molar-refractivity contribution < 1.29 is 0 Å². The Kier molecular flexibility index (Phi) is 1.61. The average Bonchev–Trinajstić information content (AvgIpc) is 2.79. The fourth-order valence-corrected chi connectivity index (χ4v) is 4.04. The Morgan fingerprint density at radius 2 is 1.85 bits per heavy atom. The zero-order valence-corrected chi connectivity index (χ0v) is 9.16. The minimum atomic E-state index is 0.981. The van der Waals surface area contributed by atoms with Gasteiger partial charge in [-0.3, -0.25) is 0 Å². The first-order valence-electron chi connectivity index (χ1n) is 6.25. The van der Waals surface area contributed by atoms with Gasteiger partial charge >= 0.3 is 0 Å². The maximum absolute atomic E-state index is 2.41. The highest BCUT2D eigenvalue weighted by atomic mass is 14.8. The van der Waals surface area contributed by atoms with Gasteiger partial charge in [0.1, 0.15) is 0 Å². The van der Waals surface area contributed by atoms with Gasteiger partial charge in [0.2, 0.25) is 0 Å². The molecule has 0 N–H and O–H groups in total. The van der Waals surface area contributed by atoms with Crippen molar-refractivity contribution in [1.82, 2.24) is 0 Å². The normalized spacial score (nSPS) is 56.3. The van der Waals surface area contributed by atoms with E-state index in [1.165, 1.54) is 36.5 Å². The predicted molar refractivity (Wildman–Crippen MR) is 55.3 cm³/mol. The van der Waals surface area contributed by atoms with Crippen molar-refractivity contribution in [2.45, 2.75) is 40.0 Å². The molecule has 0 amide bonds. The summed E-state index contributed by atoms with van der Waals surface area (Å²) in [6.45, 7) is 7.15. The highest BCUT2D eigenvalue weighted by molar-refractivity contribution is 5.24. The molecular formula is C13H22. The van der Waals surface area contributed by atoms with Crippen molar-refractivity contribution >= 4 is 0 Å². The van der Waals surface area contributed by atoms with Crippen molar-refractivity contribution in [2.75, 3.05) is 0 Å². The molecule has 3 saturated carbocycles. The minimum absolute atomic E-state index is 0.981. The summed E-state index contributed by atoms with van der Waals surface area (Å²) < 4.78 is 0. The van der Waals surface area contributed by atoms with Gasteiger partial charge in [-0.25, -0.2) is 0 Å². The summed E-state index contributed by atoms with van der Waals surface area (Å²) in [5.74, 6) is 8.16. The van der Waals surface area contributed by atoms with E-state index in [2.05, 4.69) is 20.8 Å². The van der Waals surface area contributed by atoms with E-state index in [1.54, 1.807) is 6.42 Å². The summed E-state index contributed by atoms with van der Waals surface area (Å²) in [6.07, 6.45) is 4.53. The van der Waals surface area contributed by atoms with Crippen LogP contribution in [0.3, 0.4) is 0 Å². The maximum atomic E-state index is 2.41. The standard InChI is InChI=1S/C13H22/c1-4-5-8-6-9(8)11-12-10(7(2)3)13(11)12/h7-13H,4-6H2,1-3H3. The third-order valence-corrected chi connectivity index (χ3v) is 4.84. The molecule has 0 aliphatic heterocycles. The summed E-state index contributed by atoms with van der Waals surface area (Å²) >= 11 is 0. The van der Waals surface area contributed by atoms with E-state index in [4.69, 9.17) is 0 Å². The van der Waals surface area contributed by atoms with Crippen molar-refractivity contribution in [2.24, 2.45) is 41.4 Å². The first-order valence-corrected chi connectivity index (χ1v) is 6.25. The van der Waals surface area contributed by atoms with E-state index in [-0.39, 0.29) is 0 Å². The van der Waals surface area contributed by atoms with E-state index in [1.807, 2.05) is 0 Å². The molecule has 3 aliphatic rings. The summed E-state index contributed by atoms with van der Waals surface area (Å²) in [5, 5.41) is 0. The van der Waals surface area contributed by atoms with Gasteiger partial charge in [-0.15, -0.1) is 0 Å². The van der Waals surface area contributed by atoms with Crippen LogP contribution in [-0.2, 0) is 0 Å². The predicted octanol–water partition coefficient (Wildman–Crippen LogP) is 3.57. The van der Waals surface area contributed by atoms with Crippen LogP contribution < -0.4 is 0 Å². The highest BCUT2D eigenvalue weighted by Crippen LogP contribution is 2.81. The summed E-state index contributed by atoms with van der Waals surface area (Å²) in [7, 11) is 0. The van der Waals surface area contributed by atoms with Gasteiger partial charge in [-0.05, 0) is 47.8 Å². The molecule has 3 fully saturated rings. The molecular weight excluding hydrogens is 156 g/mol. The van der Waals surface area contributed by atoms with Crippen LogP contribution >= 0.6 is 0 Å². The third kappa shape index (κ3) is 1.10. The van der Waals surface area contributed by atoms with Gasteiger partial charge in [0.05, 0.1) is 0 Å². The molecule has 0 aromatic heterocycles. The Hall–Kier alpha value is 0. The van der Waals surface area contributed by atoms with Crippen molar-refractivity contribution in [3.05, 3.63) is 0 Å². The molecule has 74 valence electrons. The second-order valence-electron chi connectivity index (χ2n) is 6.00. The molecule has 0 heterocycles. The zero-order valence-electron chi connectivity index (χ0n) is 9.16. The maximum Gasteiger partial charge on any atom is -0.0312 e. The average molecular weight is 178 g/mol. The minimum Gasteiger partial charge on any atom is -0.0654 e. The van der Waals surface area contributed by atoms with Crippen LogP contribution in [0.15, 0.2) is 0 Å². The molecule has 3 rings (SSSR count). The Morgan fingerprint density at radius 1 is 1.15 bits per heavy atom. The molecule has 3 aliphatic carbocycles. The van der Waals surface area contributed by atoms with Crippen molar-refractivity contribution in [3.63, 3.8) is 0 Å².